The topological polar surface area (TPSA) is 126 Å². The molecule has 0 aliphatic rings. The molecule has 0 bridgehead atoms. The van der Waals surface area contributed by atoms with Gasteiger partial charge in [-0.25, -0.2) is 4.98 Å². The SMILES string of the molecule is N#Cc1ncn(CC(=O)c2cccc([N+](=O)[O-])c2)c1C#N. The molecule has 0 fully saturated rings. The lowest BCUT2D eigenvalue weighted by atomic mass is 10.1. The molecule has 2 rings (SSSR count). The number of hydrogen-bond donors (Lipinski definition) is 0. The third-order valence-corrected chi connectivity index (χ3v) is 2.74. The molecule has 0 aliphatic heterocycles. The minimum Gasteiger partial charge on any atom is -0.313 e. The van der Waals surface area contributed by atoms with Gasteiger partial charge in [0, 0.05) is 17.7 Å². The third-order valence-electron chi connectivity index (χ3n) is 2.74. The molecule has 21 heavy (non-hydrogen) atoms. The standard InChI is InChI=1S/C13H7N5O3/c14-5-11-12(6-15)17(8-16-11)7-13(19)9-2-1-3-10(4-9)18(20)21/h1-4,8H,7H2. The summed E-state index contributed by atoms with van der Waals surface area (Å²) < 4.78 is 1.24. The zero-order valence-corrected chi connectivity index (χ0v) is 10.6. The Labute approximate surface area is 118 Å². The van der Waals surface area contributed by atoms with Crippen LogP contribution in [-0.4, -0.2) is 20.3 Å². The molecule has 0 aliphatic carbocycles. The molecule has 102 valence electrons. The fraction of sp³-hybridized carbons (Fsp3) is 0.0769. The number of ketones is 1. The molecule has 8 heteroatoms. The second-order valence-corrected chi connectivity index (χ2v) is 4.02. The molecule has 0 atom stereocenters. The van der Waals surface area contributed by atoms with E-state index in [9.17, 15) is 14.9 Å². The second kappa shape index (κ2) is 5.63. The first-order chi connectivity index (χ1) is 10.1. The molecule has 0 unspecified atom stereocenters. The maximum absolute atomic E-state index is 12.1. The van der Waals surface area contributed by atoms with E-state index in [1.807, 2.05) is 0 Å². The molecule has 0 radical (unpaired) electrons. The van der Waals surface area contributed by atoms with Crippen molar-refractivity contribution in [3.8, 4) is 12.1 Å². The molecule has 0 saturated carbocycles. The maximum Gasteiger partial charge on any atom is 0.270 e. The average molecular weight is 281 g/mol. The molecule has 2 aromatic rings. The largest absolute Gasteiger partial charge is 0.313 e. The number of aromatic nitrogens is 2. The van der Waals surface area contributed by atoms with Gasteiger partial charge >= 0.3 is 0 Å². The van der Waals surface area contributed by atoms with Crippen LogP contribution < -0.4 is 0 Å². The number of nitro benzene ring substituents is 1. The van der Waals surface area contributed by atoms with E-state index in [0.29, 0.717) is 0 Å². The van der Waals surface area contributed by atoms with Gasteiger partial charge in [-0.2, -0.15) is 10.5 Å². The van der Waals surface area contributed by atoms with E-state index in [2.05, 4.69) is 4.98 Å². The van der Waals surface area contributed by atoms with Gasteiger partial charge in [-0.3, -0.25) is 14.9 Å². The van der Waals surface area contributed by atoms with E-state index in [1.54, 1.807) is 12.1 Å². The van der Waals surface area contributed by atoms with Crippen LogP contribution in [-0.2, 0) is 6.54 Å². The van der Waals surface area contributed by atoms with Crippen molar-refractivity contribution in [2.24, 2.45) is 0 Å². The van der Waals surface area contributed by atoms with Gasteiger partial charge < -0.3 is 4.57 Å². The number of non-ortho nitro benzene ring substituents is 1. The van der Waals surface area contributed by atoms with Crippen LogP contribution in [0.4, 0.5) is 5.69 Å². The third kappa shape index (κ3) is 2.74. The van der Waals surface area contributed by atoms with Gasteiger partial charge in [0.15, 0.2) is 17.2 Å². The second-order valence-electron chi connectivity index (χ2n) is 4.02. The molecule has 8 nitrogen and oxygen atoms in total. The Morgan fingerprint density at radius 1 is 1.38 bits per heavy atom. The highest BCUT2D eigenvalue weighted by Gasteiger charge is 2.16. The van der Waals surface area contributed by atoms with Crippen molar-refractivity contribution in [2.45, 2.75) is 6.54 Å². The Morgan fingerprint density at radius 2 is 2.14 bits per heavy atom. The van der Waals surface area contributed by atoms with Gasteiger partial charge in [0.05, 0.1) is 17.8 Å². The molecular formula is C13H7N5O3. The summed E-state index contributed by atoms with van der Waals surface area (Å²) in [7, 11) is 0. The van der Waals surface area contributed by atoms with Crippen LogP contribution in [0.3, 0.4) is 0 Å². The van der Waals surface area contributed by atoms with Gasteiger partial charge in [0.1, 0.15) is 12.1 Å². The zero-order valence-electron chi connectivity index (χ0n) is 10.6. The number of nitro groups is 1. The number of Topliss-reactive ketones (excluding diaryl/α,β-unsaturated/α-hetero) is 1. The number of imidazole rings is 1. The summed E-state index contributed by atoms with van der Waals surface area (Å²) in [6, 6.07) is 8.85. The molecule has 0 amide bonds. The van der Waals surface area contributed by atoms with Crippen LogP contribution in [0, 0.1) is 32.8 Å². The summed E-state index contributed by atoms with van der Waals surface area (Å²) in [5.41, 5.74) is -0.120. The molecule has 1 aromatic heterocycles. The summed E-state index contributed by atoms with van der Waals surface area (Å²) in [6.45, 7) is -0.223. The summed E-state index contributed by atoms with van der Waals surface area (Å²) in [6.07, 6.45) is 1.21. The summed E-state index contributed by atoms with van der Waals surface area (Å²) >= 11 is 0. The summed E-state index contributed by atoms with van der Waals surface area (Å²) in [5.74, 6) is -0.419. The first-order valence-corrected chi connectivity index (χ1v) is 5.69. The fourth-order valence-corrected chi connectivity index (χ4v) is 1.74. The van der Waals surface area contributed by atoms with Crippen LogP contribution in [0.1, 0.15) is 21.7 Å². The van der Waals surface area contributed by atoms with E-state index in [4.69, 9.17) is 10.5 Å². The lowest BCUT2D eigenvalue weighted by Crippen LogP contribution is -2.11. The Bertz CT molecular complexity index is 810. The predicted molar refractivity (Wildman–Crippen MR) is 69.1 cm³/mol. The number of benzene rings is 1. The first kappa shape index (κ1) is 13.9. The summed E-state index contributed by atoms with van der Waals surface area (Å²) in [5, 5.41) is 28.4. The number of carbonyl (C=O) groups is 1. The van der Waals surface area contributed by atoms with Gasteiger partial charge in [-0.1, -0.05) is 12.1 Å². The first-order valence-electron chi connectivity index (χ1n) is 5.69. The lowest BCUT2D eigenvalue weighted by Gasteiger charge is -2.03. The molecule has 1 aromatic carbocycles. The van der Waals surface area contributed by atoms with E-state index < -0.39 is 10.7 Å². The van der Waals surface area contributed by atoms with Crippen molar-refractivity contribution < 1.29 is 9.72 Å². The molecule has 0 N–H and O–H groups in total. The Kier molecular flexibility index (Phi) is 3.73. The highest BCUT2D eigenvalue weighted by molar-refractivity contribution is 5.96. The van der Waals surface area contributed by atoms with Crippen molar-refractivity contribution in [1.82, 2.24) is 9.55 Å². The van der Waals surface area contributed by atoms with E-state index >= 15 is 0 Å². The van der Waals surface area contributed by atoms with Crippen LogP contribution in [0.5, 0.6) is 0 Å². The monoisotopic (exact) mass is 281 g/mol. The van der Waals surface area contributed by atoms with Gasteiger partial charge in [-0.05, 0) is 0 Å². The molecular weight excluding hydrogens is 274 g/mol. The lowest BCUT2D eigenvalue weighted by molar-refractivity contribution is -0.384. The van der Waals surface area contributed by atoms with Crippen molar-refractivity contribution in [3.63, 3.8) is 0 Å². The zero-order chi connectivity index (χ0) is 15.4. The van der Waals surface area contributed by atoms with Crippen LogP contribution in [0.15, 0.2) is 30.6 Å². The molecule has 1 heterocycles. The van der Waals surface area contributed by atoms with Crippen LogP contribution in [0.25, 0.3) is 0 Å². The number of carbonyl (C=O) groups excluding carboxylic acids is 1. The Morgan fingerprint density at radius 3 is 2.76 bits per heavy atom. The number of nitrogens with zero attached hydrogens (tertiary/aromatic N) is 5. The Hall–Kier alpha value is -3.52. The van der Waals surface area contributed by atoms with Gasteiger partial charge in [0.25, 0.3) is 5.69 Å². The van der Waals surface area contributed by atoms with Gasteiger partial charge in [-0.15, -0.1) is 0 Å². The van der Waals surface area contributed by atoms with Crippen molar-refractivity contribution >= 4 is 11.5 Å². The Balaban J connectivity index is 2.29. The fourth-order valence-electron chi connectivity index (χ4n) is 1.74. The maximum atomic E-state index is 12.1. The smallest absolute Gasteiger partial charge is 0.270 e. The highest BCUT2D eigenvalue weighted by Crippen LogP contribution is 2.15. The van der Waals surface area contributed by atoms with E-state index in [1.165, 1.54) is 29.1 Å². The minimum absolute atomic E-state index is 0.0173. The normalized spacial score (nSPS) is 9.62. The van der Waals surface area contributed by atoms with Crippen molar-refractivity contribution in [2.75, 3.05) is 0 Å². The number of rotatable bonds is 4. The van der Waals surface area contributed by atoms with Crippen LogP contribution in [0.2, 0.25) is 0 Å². The summed E-state index contributed by atoms with van der Waals surface area (Å²) in [4.78, 5) is 25.9. The van der Waals surface area contributed by atoms with E-state index in [-0.39, 0.29) is 29.2 Å². The number of hydrogen-bond acceptors (Lipinski definition) is 6. The quantitative estimate of drug-likeness (QED) is 0.474. The van der Waals surface area contributed by atoms with Gasteiger partial charge in [0.2, 0.25) is 0 Å². The predicted octanol–water partition coefficient (Wildman–Crippen LogP) is 1.42. The molecule has 0 spiro atoms. The van der Waals surface area contributed by atoms with Crippen LogP contribution >= 0.6 is 0 Å². The van der Waals surface area contributed by atoms with E-state index in [0.717, 1.165) is 6.07 Å². The minimum atomic E-state index is -0.595. The number of nitriles is 2. The average Bonchev–Trinajstić information content (AvgIpc) is 2.89. The van der Waals surface area contributed by atoms with Crippen molar-refractivity contribution in [1.29, 1.82) is 10.5 Å². The molecule has 0 saturated heterocycles. The highest BCUT2D eigenvalue weighted by atomic mass is 16.6. The van der Waals surface area contributed by atoms with Crippen molar-refractivity contribution in [3.05, 3.63) is 57.7 Å².